The number of rotatable bonds is 2. The molecule has 0 saturated heterocycles. The maximum absolute atomic E-state index is 4.11. The fourth-order valence-corrected chi connectivity index (χ4v) is 1.67. The van der Waals surface area contributed by atoms with Crippen molar-refractivity contribution in [3.63, 3.8) is 0 Å². The number of aromatic nitrogens is 1. The molecule has 2 aromatic rings. The van der Waals surface area contributed by atoms with Gasteiger partial charge in [-0.05, 0) is 30.4 Å². The van der Waals surface area contributed by atoms with Gasteiger partial charge >= 0.3 is 0 Å². The smallest absolute Gasteiger partial charge is 0.0346 e. The van der Waals surface area contributed by atoms with Crippen molar-refractivity contribution >= 4 is 10.8 Å². The Kier molecular flexibility index (Phi) is 2.32. The minimum atomic E-state index is 0.946. The number of hydrogen-bond donors (Lipinski definition) is 0. The van der Waals surface area contributed by atoms with Crippen molar-refractivity contribution < 1.29 is 0 Å². The van der Waals surface area contributed by atoms with Crippen LogP contribution in [0.4, 0.5) is 0 Å². The minimum absolute atomic E-state index is 0.946. The van der Waals surface area contributed by atoms with Gasteiger partial charge in [-0.25, -0.2) is 0 Å². The predicted octanol–water partition coefficient (Wildman–Crippen LogP) is 3.35. The number of nitrogens with zero attached hydrogens (tertiary/aromatic N) is 1. The molecule has 70 valence electrons. The van der Waals surface area contributed by atoms with Gasteiger partial charge in [0.1, 0.15) is 0 Å². The molecule has 0 radical (unpaired) electrons. The molecule has 0 unspecified atom stereocenters. The van der Waals surface area contributed by atoms with Crippen LogP contribution in [0, 0.1) is 0 Å². The monoisotopic (exact) mass is 183 g/mol. The average molecular weight is 183 g/mol. The maximum Gasteiger partial charge on any atom is 0.0346 e. The molecule has 0 N–H and O–H groups in total. The largest absolute Gasteiger partial charge is 0.264 e. The van der Waals surface area contributed by atoms with E-state index >= 15 is 0 Å². The Morgan fingerprint density at radius 3 is 3.00 bits per heavy atom. The quantitative estimate of drug-likeness (QED) is 0.650. The molecule has 1 aromatic heterocycles. The number of pyridine rings is 1. The number of benzene rings is 1. The van der Waals surface area contributed by atoms with Crippen molar-refractivity contribution in [3.8, 4) is 0 Å². The van der Waals surface area contributed by atoms with E-state index in [1.807, 2.05) is 12.4 Å². The Bertz CT molecular complexity index is 466. The molecule has 0 bridgehead atoms. The summed E-state index contributed by atoms with van der Waals surface area (Å²) in [4.78, 5) is 4.11. The lowest BCUT2D eigenvalue weighted by Crippen LogP contribution is -1.87. The first-order valence-corrected chi connectivity index (χ1v) is 4.73. The van der Waals surface area contributed by atoms with Crippen LogP contribution in [-0.2, 0) is 6.42 Å². The van der Waals surface area contributed by atoms with Gasteiger partial charge in [-0.2, -0.15) is 0 Å². The Morgan fingerprint density at radius 2 is 2.21 bits per heavy atom. The topological polar surface area (TPSA) is 12.9 Å². The van der Waals surface area contributed by atoms with E-state index in [9.17, 15) is 0 Å². The molecule has 0 aliphatic rings. The third-order valence-electron chi connectivity index (χ3n) is 2.26. The van der Waals surface area contributed by atoms with E-state index in [2.05, 4.69) is 42.8 Å². The van der Waals surface area contributed by atoms with Gasteiger partial charge in [0, 0.05) is 17.8 Å². The Labute approximate surface area is 84.1 Å². The van der Waals surface area contributed by atoms with Crippen LogP contribution in [0.15, 0.2) is 48.8 Å². The standard InChI is InChI=1S/C13H13N/c1-10(2)8-11-4-3-5-12-9-14-7-6-13(11)12/h3-7,9H,1,8H2,2H3. The summed E-state index contributed by atoms with van der Waals surface area (Å²) in [6.07, 6.45) is 4.68. The Hall–Kier alpha value is -1.63. The summed E-state index contributed by atoms with van der Waals surface area (Å²) in [5, 5.41) is 2.48. The molecule has 0 fully saturated rings. The van der Waals surface area contributed by atoms with Crippen molar-refractivity contribution in [2.75, 3.05) is 0 Å². The zero-order valence-electron chi connectivity index (χ0n) is 8.33. The first-order valence-electron chi connectivity index (χ1n) is 4.73. The first kappa shape index (κ1) is 8.95. The summed E-state index contributed by atoms with van der Waals surface area (Å²) in [7, 11) is 0. The van der Waals surface area contributed by atoms with Crippen molar-refractivity contribution in [1.82, 2.24) is 4.98 Å². The zero-order chi connectivity index (χ0) is 9.97. The molecular weight excluding hydrogens is 170 g/mol. The highest BCUT2D eigenvalue weighted by Crippen LogP contribution is 2.19. The minimum Gasteiger partial charge on any atom is -0.264 e. The lowest BCUT2D eigenvalue weighted by Gasteiger charge is -2.05. The van der Waals surface area contributed by atoms with Crippen molar-refractivity contribution in [2.45, 2.75) is 13.3 Å². The third kappa shape index (κ3) is 1.67. The molecule has 0 saturated carbocycles. The number of hydrogen-bond acceptors (Lipinski definition) is 1. The SMILES string of the molecule is C=C(C)Cc1cccc2cnccc12. The molecule has 1 nitrogen and oxygen atoms in total. The zero-order valence-corrected chi connectivity index (χ0v) is 8.33. The molecule has 1 heteroatoms. The lowest BCUT2D eigenvalue weighted by molar-refractivity contribution is 1.17. The first-order chi connectivity index (χ1) is 6.77. The van der Waals surface area contributed by atoms with Gasteiger partial charge in [0.2, 0.25) is 0 Å². The summed E-state index contributed by atoms with van der Waals surface area (Å²) in [5.41, 5.74) is 2.52. The summed E-state index contributed by atoms with van der Waals surface area (Å²) < 4.78 is 0. The van der Waals surface area contributed by atoms with E-state index in [4.69, 9.17) is 0 Å². The lowest BCUT2D eigenvalue weighted by atomic mass is 10.0. The van der Waals surface area contributed by atoms with Crippen molar-refractivity contribution in [1.29, 1.82) is 0 Å². The van der Waals surface area contributed by atoms with Gasteiger partial charge in [-0.1, -0.05) is 30.4 Å². The second-order valence-corrected chi connectivity index (χ2v) is 3.65. The van der Waals surface area contributed by atoms with Gasteiger partial charge in [-0.3, -0.25) is 4.98 Å². The fraction of sp³-hybridized carbons (Fsp3) is 0.154. The van der Waals surface area contributed by atoms with E-state index in [0.717, 1.165) is 6.42 Å². The Morgan fingerprint density at radius 1 is 1.36 bits per heavy atom. The van der Waals surface area contributed by atoms with Crippen LogP contribution in [-0.4, -0.2) is 4.98 Å². The third-order valence-corrected chi connectivity index (χ3v) is 2.26. The van der Waals surface area contributed by atoms with E-state index in [0.29, 0.717) is 0 Å². The molecule has 1 aromatic carbocycles. The molecule has 0 amide bonds. The molecule has 2 rings (SSSR count). The van der Waals surface area contributed by atoms with Gasteiger partial charge in [-0.15, -0.1) is 0 Å². The molecule has 0 aliphatic heterocycles. The van der Waals surface area contributed by atoms with Crippen LogP contribution in [0.3, 0.4) is 0 Å². The fourth-order valence-electron chi connectivity index (χ4n) is 1.67. The van der Waals surface area contributed by atoms with Gasteiger partial charge in [0.05, 0.1) is 0 Å². The summed E-state index contributed by atoms with van der Waals surface area (Å²) in [5.74, 6) is 0. The van der Waals surface area contributed by atoms with Crippen LogP contribution in [0.2, 0.25) is 0 Å². The maximum atomic E-state index is 4.11. The number of fused-ring (bicyclic) bond motifs is 1. The van der Waals surface area contributed by atoms with Crippen LogP contribution in [0.25, 0.3) is 10.8 Å². The van der Waals surface area contributed by atoms with E-state index < -0.39 is 0 Å². The molecule has 0 atom stereocenters. The highest BCUT2D eigenvalue weighted by Gasteiger charge is 1.99. The highest BCUT2D eigenvalue weighted by atomic mass is 14.6. The molecule has 14 heavy (non-hydrogen) atoms. The van der Waals surface area contributed by atoms with Gasteiger partial charge < -0.3 is 0 Å². The van der Waals surface area contributed by atoms with E-state index in [-0.39, 0.29) is 0 Å². The normalized spacial score (nSPS) is 10.4. The second kappa shape index (κ2) is 3.62. The summed E-state index contributed by atoms with van der Waals surface area (Å²) in [6.45, 7) is 6.00. The van der Waals surface area contributed by atoms with E-state index in [1.54, 1.807) is 0 Å². The summed E-state index contributed by atoms with van der Waals surface area (Å²) >= 11 is 0. The van der Waals surface area contributed by atoms with Crippen LogP contribution < -0.4 is 0 Å². The van der Waals surface area contributed by atoms with Crippen LogP contribution in [0.5, 0.6) is 0 Å². The highest BCUT2D eigenvalue weighted by molar-refractivity contribution is 5.84. The molecule has 1 heterocycles. The Balaban J connectivity index is 2.59. The average Bonchev–Trinajstić information content (AvgIpc) is 2.18. The molecule has 0 aliphatic carbocycles. The van der Waals surface area contributed by atoms with Crippen LogP contribution >= 0.6 is 0 Å². The van der Waals surface area contributed by atoms with Gasteiger partial charge in [0.25, 0.3) is 0 Å². The van der Waals surface area contributed by atoms with Gasteiger partial charge in [0.15, 0.2) is 0 Å². The van der Waals surface area contributed by atoms with Crippen LogP contribution in [0.1, 0.15) is 12.5 Å². The molecular formula is C13H13N. The molecule has 0 spiro atoms. The summed E-state index contributed by atoms with van der Waals surface area (Å²) in [6, 6.07) is 8.37. The van der Waals surface area contributed by atoms with E-state index in [1.165, 1.54) is 21.9 Å². The second-order valence-electron chi connectivity index (χ2n) is 3.65. The van der Waals surface area contributed by atoms with Crippen molar-refractivity contribution in [2.24, 2.45) is 0 Å². The van der Waals surface area contributed by atoms with Crippen molar-refractivity contribution in [3.05, 3.63) is 54.4 Å². The number of allylic oxidation sites excluding steroid dienone is 1. The predicted molar refractivity (Wildman–Crippen MR) is 60.3 cm³/mol.